The third-order valence-corrected chi connectivity index (χ3v) is 8.05. The highest BCUT2D eigenvalue weighted by molar-refractivity contribution is 8.14. The van der Waals surface area contributed by atoms with Gasteiger partial charge in [0.25, 0.3) is 0 Å². The molecule has 0 saturated carbocycles. The van der Waals surface area contributed by atoms with Crippen molar-refractivity contribution in [1.82, 2.24) is 0 Å². The zero-order valence-electron chi connectivity index (χ0n) is 14.5. The maximum atomic E-state index is 9.71. The lowest BCUT2D eigenvalue weighted by Crippen LogP contribution is -2.12. The van der Waals surface area contributed by atoms with E-state index in [1.165, 1.54) is 6.08 Å². The predicted molar refractivity (Wildman–Crippen MR) is 102 cm³/mol. The summed E-state index contributed by atoms with van der Waals surface area (Å²) in [5, 5.41) is 0. The molecule has 0 aromatic rings. The smallest absolute Gasteiger partial charge is 0.404 e. The molecule has 0 aliphatic heterocycles. The van der Waals surface area contributed by atoms with Crippen LogP contribution in [0.4, 0.5) is 4.79 Å². The maximum absolute atomic E-state index is 9.71. The molecule has 8 nitrogen and oxygen atoms in total. The average molecular weight is 423 g/mol. The summed E-state index contributed by atoms with van der Waals surface area (Å²) >= 11 is 10.4. The molecule has 0 fully saturated rings. The molecule has 0 spiro atoms. The fourth-order valence-corrected chi connectivity index (χ4v) is 7.44. The molecular weight excluding hydrogens is 396 g/mol. The Labute approximate surface area is 154 Å². The van der Waals surface area contributed by atoms with Gasteiger partial charge in [0.05, 0.1) is 26.4 Å². The largest absolute Gasteiger partial charge is 0.445 e. The van der Waals surface area contributed by atoms with Crippen molar-refractivity contribution in [3.8, 4) is 0 Å². The minimum absolute atomic E-state index is 0.190. The van der Waals surface area contributed by atoms with Crippen LogP contribution in [0.15, 0.2) is 12.7 Å². The van der Waals surface area contributed by atoms with Crippen molar-refractivity contribution < 1.29 is 31.9 Å². The Morgan fingerprint density at radius 2 is 1.29 bits per heavy atom. The number of nitrogens with two attached hydrogens (primary N) is 1. The highest BCUT2D eigenvalue weighted by Gasteiger charge is 2.31. The minimum Gasteiger partial charge on any atom is -0.445 e. The fraction of sp³-hybridized carbons (Fsp3) is 0.750. The van der Waals surface area contributed by atoms with Crippen LogP contribution in [0.3, 0.4) is 0 Å². The monoisotopic (exact) mass is 423 g/mol. The Hall–Kier alpha value is 0.110. The minimum atomic E-state index is -2.87. The van der Waals surface area contributed by atoms with Crippen LogP contribution >= 0.6 is 13.4 Å². The molecule has 24 heavy (non-hydrogen) atoms. The zero-order valence-corrected chi connectivity index (χ0v) is 17.9. The Bertz CT molecular complexity index is 403. The van der Waals surface area contributed by atoms with Gasteiger partial charge in [-0.25, -0.2) is 9.11 Å². The zero-order chi connectivity index (χ0) is 19.1. The topological polar surface area (TPSA) is 98.5 Å². The van der Waals surface area contributed by atoms with E-state index in [0.717, 1.165) is 0 Å². The molecule has 0 aliphatic carbocycles. The average Bonchev–Trinajstić information content (AvgIpc) is 2.46. The molecule has 144 valence electrons. The van der Waals surface area contributed by atoms with Crippen LogP contribution in [-0.4, -0.2) is 39.1 Å². The van der Waals surface area contributed by atoms with Crippen LogP contribution < -0.4 is 5.73 Å². The Kier molecular flexibility index (Phi) is 16.9. The quantitative estimate of drug-likeness (QED) is 0.370. The molecule has 0 aromatic heterocycles. The first-order valence-corrected chi connectivity index (χ1v) is 12.4. The first-order chi connectivity index (χ1) is 11.2. The molecule has 1 amide bonds. The molecule has 0 bridgehead atoms. The van der Waals surface area contributed by atoms with Gasteiger partial charge in [-0.05, 0) is 51.3 Å². The number of carbonyl (C=O) groups is 1. The van der Waals surface area contributed by atoms with Gasteiger partial charge < -0.3 is 28.6 Å². The lowest BCUT2D eigenvalue weighted by molar-refractivity contribution is 0.169. The van der Waals surface area contributed by atoms with Gasteiger partial charge in [-0.1, -0.05) is 12.7 Å². The van der Waals surface area contributed by atoms with E-state index in [2.05, 4.69) is 17.0 Å². The van der Waals surface area contributed by atoms with Crippen molar-refractivity contribution in [3.63, 3.8) is 0 Å². The molecule has 0 radical (unpaired) electrons. The normalized spacial score (nSPS) is 11.3. The summed E-state index contributed by atoms with van der Waals surface area (Å²) in [7, 11) is 0. The molecule has 0 heterocycles. The van der Waals surface area contributed by atoms with E-state index in [4.69, 9.17) is 46.0 Å². The van der Waals surface area contributed by atoms with Crippen LogP contribution in [-0.2, 0) is 50.8 Å². The van der Waals surface area contributed by atoms with Gasteiger partial charge in [0, 0.05) is 0 Å². The van der Waals surface area contributed by atoms with E-state index in [9.17, 15) is 4.79 Å². The summed E-state index contributed by atoms with van der Waals surface area (Å²) in [5.41, 5.74) is 4.57. The SMILES string of the molecule is C=CCOC(N)=O.CCOP(=S)(OCC)OP(=S)(OCC)OCC. The van der Waals surface area contributed by atoms with E-state index in [-0.39, 0.29) is 6.61 Å². The summed E-state index contributed by atoms with van der Waals surface area (Å²) in [5.74, 6) is 0. The van der Waals surface area contributed by atoms with Crippen molar-refractivity contribution in [1.29, 1.82) is 0 Å². The molecule has 0 aromatic carbocycles. The Morgan fingerprint density at radius 3 is 1.46 bits per heavy atom. The third kappa shape index (κ3) is 14.5. The van der Waals surface area contributed by atoms with Gasteiger partial charge in [-0.2, -0.15) is 0 Å². The number of amides is 1. The van der Waals surface area contributed by atoms with Gasteiger partial charge in [0.15, 0.2) is 0 Å². The number of ether oxygens (including phenoxy) is 1. The first-order valence-electron chi connectivity index (χ1n) is 7.25. The van der Waals surface area contributed by atoms with Crippen molar-refractivity contribution in [2.75, 3.05) is 33.0 Å². The maximum Gasteiger partial charge on any atom is 0.404 e. The first kappa shape index (κ1) is 26.3. The van der Waals surface area contributed by atoms with Gasteiger partial charge in [0.2, 0.25) is 0 Å². The third-order valence-electron chi connectivity index (χ3n) is 1.69. The number of primary amides is 1. The summed E-state index contributed by atoms with van der Waals surface area (Å²) in [6.45, 7) is 6.58. The second-order valence-corrected chi connectivity index (χ2v) is 9.72. The molecule has 0 atom stereocenters. The van der Waals surface area contributed by atoms with Gasteiger partial charge in [-0.15, -0.1) is 0 Å². The standard InChI is InChI=1S/C8H20O5P2S2.C4H7NO2/c1-5-9-14(16,10-6-2)13-15(17,11-7-3)12-8-4;1-2-3-7-4(5)6/h5-8H2,1-4H3;2H,1,3H2,(H2,5,6). The van der Waals surface area contributed by atoms with Crippen molar-refractivity contribution in [2.24, 2.45) is 5.73 Å². The molecule has 0 aliphatic rings. The van der Waals surface area contributed by atoms with E-state index in [0.29, 0.717) is 26.4 Å². The second kappa shape index (κ2) is 15.4. The number of rotatable bonds is 12. The van der Waals surface area contributed by atoms with Crippen molar-refractivity contribution in [3.05, 3.63) is 12.7 Å². The van der Waals surface area contributed by atoms with Gasteiger partial charge in [0.1, 0.15) is 6.61 Å². The van der Waals surface area contributed by atoms with Crippen LogP contribution in [0.5, 0.6) is 0 Å². The highest BCUT2D eigenvalue weighted by atomic mass is 32.5. The summed E-state index contributed by atoms with van der Waals surface area (Å²) in [6.07, 6.45) is 0.685. The van der Waals surface area contributed by atoms with E-state index < -0.39 is 19.5 Å². The summed E-state index contributed by atoms with van der Waals surface area (Å²) in [4.78, 5) is 9.71. The molecule has 12 heteroatoms. The molecule has 0 saturated heterocycles. The van der Waals surface area contributed by atoms with Gasteiger partial charge in [-0.3, -0.25) is 0 Å². The molecule has 0 unspecified atom stereocenters. The van der Waals surface area contributed by atoms with E-state index in [1.54, 1.807) is 0 Å². The van der Waals surface area contributed by atoms with Crippen molar-refractivity contribution in [2.45, 2.75) is 27.7 Å². The van der Waals surface area contributed by atoms with Crippen molar-refractivity contribution >= 4 is 43.1 Å². The summed E-state index contributed by atoms with van der Waals surface area (Å²) in [6, 6.07) is 0. The Morgan fingerprint density at radius 1 is 0.958 bits per heavy atom. The number of hydrogen-bond donors (Lipinski definition) is 1. The van der Waals surface area contributed by atoms with E-state index in [1.807, 2.05) is 27.7 Å². The number of hydrogen-bond acceptors (Lipinski definition) is 9. The fourth-order valence-electron chi connectivity index (χ4n) is 1.06. The lowest BCUT2D eigenvalue weighted by atomic mass is 10.7. The van der Waals surface area contributed by atoms with Crippen LogP contribution in [0.25, 0.3) is 0 Å². The Balaban J connectivity index is 0. The summed E-state index contributed by atoms with van der Waals surface area (Å²) < 4.78 is 31.1. The molecule has 0 rings (SSSR count). The van der Waals surface area contributed by atoms with Crippen LogP contribution in [0.2, 0.25) is 0 Å². The predicted octanol–water partition coefficient (Wildman–Crippen LogP) is 3.87. The van der Waals surface area contributed by atoms with Crippen LogP contribution in [0, 0.1) is 0 Å². The highest BCUT2D eigenvalue weighted by Crippen LogP contribution is 2.66. The van der Waals surface area contributed by atoms with Crippen LogP contribution in [0.1, 0.15) is 27.7 Å². The molecular formula is C12H27NO7P2S2. The number of carbonyl (C=O) groups excluding carboxylic acids is 1. The lowest BCUT2D eigenvalue weighted by Gasteiger charge is -2.27. The van der Waals surface area contributed by atoms with E-state index >= 15 is 0 Å². The second-order valence-electron chi connectivity index (χ2n) is 3.57. The molecule has 2 N–H and O–H groups in total. The van der Waals surface area contributed by atoms with Gasteiger partial charge >= 0.3 is 19.5 Å².